The highest BCUT2D eigenvalue weighted by atomic mass is 32.2. The fourth-order valence-corrected chi connectivity index (χ4v) is 2.74. The second-order valence-electron chi connectivity index (χ2n) is 4.31. The number of halogens is 2. The molecule has 0 bridgehead atoms. The van der Waals surface area contributed by atoms with Gasteiger partial charge in [-0.2, -0.15) is 0 Å². The van der Waals surface area contributed by atoms with Gasteiger partial charge in [-0.25, -0.2) is 21.9 Å². The molecule has 0 fully saturated rings. The summed E-state index contributed by atoms with van der Waals surface area (Å²) in [5.74, 6) is -1.46. The van der Waals surface area contributed by atoms with E-state index >= 15 is 0 Å². The molecule has 1 N–H and O–H groups in total. The zero-order valence-electron chi connectivity index (χ0n) is 11.0. The van der Waals surface area contributed by atoms with E-state index in [-0.39, 0.29) is 16.1 Å². The summed E-state index contributed by atoms with van der Waals surface area (Å²) in [4.78, 5) is 9.58. The largest absolute Gasteiger partial charge is 0.270 e. The first kappa shape index (κ1) is 16.0. The number of sulfonamides is 1. The SMILES string of the molecule is O=[N+]([O-])c1cccc(S(=O)(=O)NCc2cc(F)ccc2F)c1. The molecule has 9 heteroatoms. The number of rotatable bonds is 5. The maximum Gasteiger partial charge on any atom is 0.270 e. The maximum absolute atomic E-state index is 13.4. The lowest BCUT2D eigenvalue weighted by molar-refractivity contribution is -0.385. The van der Waals surface area contributed by atoms with Gasteiger partial charge in [-0.1, -0.05) is 6.07 Å². The van der Waals surface area contributed by atoms with E-state index in [1.807, 2.05) is 0 Å². The number of nitro groups is 1. The summed E-state index contributed by atoms with van der Waals surface area (Å²) in [6.07, 6.45) is 0. The summed E-state index contributed by atoms with van der Waals surface area (Å²) in [6.45, 7) is -0.478. The van der Waals surface area contributed by atoms with Gasteiger partial charge in [-0.15, -0.1) is 0 Å². The highest BCUT2D eigenvalue weighted by Gasteiger charge is 2.18. The Labute approximate surface area is 124 Å². The van der Waals surface area contributed by atoms with E-state index in [4.69, 9.17) is 0 Å². The molecular weight excluding hydrogens is 318 g/mol. The van der Waals surface area contributed by atoms with E-state index in [9.17, 15) is 27.3 Å². The Bertz CT molecular complexity index is 825. The van der Waals surface area contributed by atoms with Crippen LogP contribution in [0.1, 0.15) is 5.56 Å². The Kier molecular flexibility index (Phi) is 4.48. The van der Waals surface area contributed by atoms with Crippen LogP contribution in [0.3, 0.4) is 0 Å². The van der Waals surface area contributed by atoms with Crippen molar-refractivity contribution in [2.24, 2.45) is 0 Å². The van der Waals surface area contributed by atoms with Crippen LogP contribution in [0.5, 0.6) is 0 Å². The second-order valence-corrected chi connectivity index (χ2v) is 6.08. The average molecular weight is 328 g/mol. The van der Waals surface area contributed by atoms with Crippen LogP contribution in [0.2, 0.25) is 0 Å². The normalized spacial score (nSPS) is 11.4. The van der Waals surface area contributed by atoms with Crippen LogP contribution in [0.25, 0.3) is 0 Å². The van der Waals surface area contributed by atoms with Gasteiger partial charge in [-0.3, -0.25) is 10.1 Å². The third-order valence-electron chi connectivity index (χ3n) is 2.80. The first-order chi connectivity index (χ1) is 10.3. The van der Waals surface area contributed by atoms with Crippen LogP contribution in [0, 0.1) is 21.7 Å². The van der Waals surface area contributed by atoms with Gasteiger partial charge in [0, 0.05) is 24.2 Å². The first-order valence-corrected chi connectivity index (χ1v) is 7.46. The number of nitrogens with one attached hydrogen (secondary N) is 1. The van der Waals surface area contributed by atoms with Gasteiger partial charge in [0.05, 0.1) is 9.82 Å². The van der Waals surface area contributed by atoms with Gasteiger partial charge in [0.25, 0.3) is 5.69 Å². The lowest BCUT2D eigenvalue weighted by atomic mass is 10.2. The summed E-state index contributed by atoms with van der Waals surface area (Å²) < 4.78 is 52.6. The maximum atomic E-state index is 13.4. The van der Waals surface area contributed by atoms with E-state index in [0.717, 1.165) is 36.4 Å². The molecule has 116 valence electrons. The van der Waals surface area contributed by atoms with Crippen LogP contribution in [-0.4, -0.2) is 13.3 Å². The second kappa shape index (κ2) is 6.16. The number of nitro benzene ring substituents is 1. The first-order valence-electron chi connectivity index (χ1n) is 5.97. The van der Waals surface area contributed by atoms with E-state index in [0.29, 0.717) is 0 Å². The number of nitrogens with zero attached hydrogens (tertiary/aromatic N) is 1. The van der Waals surface area contributed by atoms with Gasteiger partial charge in [-0.05, 0) is 24.3 Å². The van der Waals surface area contributed by atoms with Gasteiger partial charge < -0.3 is 0 Å². The van der Waals surface area contributed by atoms with E-state index in [2.05, 4.69) is 4.72 Å². The van der Waals surface area contributed by atoms with Crippen molar-refractivity contribution >= 4 is 15.7 Å². The molecule has 0 aromatic heterocycles. The lowest BCUT2D eigenvalue weighted by Crippen LogP contribution is -2.23. The van der Waals surface area contributed by atoms with Crippen molar-refractivity contribution in [2.75, 3.05) is 0 Å². The summed E-state index contributed by atoms with van der Waals surface area (Å²) in [6, 6.07) is 7.06. The molecule has 0 saturated carbocycles. The Morgan fingerprint density at radius 2 is 1.86 bits per heavy atom. The molecule has 2 rings (SSSR count). The van der Waals surface area contributed by atoms with Gasteiger partial charge in [0.1, 0.15) is 11.6 Å². The van der Waals surface area contributed by atoms with Crippen molar-refractivity contribution in [3.8, 4) is 0 Å². The average Bonchev–Trinajstić information content (AvgIpc) is 2.48. The standard InChI is InChI=1S/C13H10F2N2O4S/c14-10-4-5-13(15)9(6-10)8-16-22(20,21)12-3-1-2-11(7-12)17(18)19/h1-7,16H,8H2. The lowest BCUT2D eigenvalue weighted by Gasteiger charge is -2.07. The molecule has 0 aliphatic heterocycles. The van der Waals surface area contributed by atoms with Crippen LogP contribution in [-0.2, 0) is 16.6 Å². The number of benzene rings is 2. The summed E-state index contributed by atoms with van der Waals surface area (Å²) >= 11 is 0. The van der Waals surface area contributed by atoms with Crippen LogP contribution in [0.4, 0.5) is 14.5 Å². The van der Waals surface area contributed by atoms with Crippen LogP contribution >= 0.6 is 0 Å². The van der Waals surface area contributed by atoms with Gasteiger partial charge in [0.2, 0.25) is 10.0 Å². The molecule has 0 amide bonds. The summed E-state index contributed by atoms with van der Waals surface area (Å²) in [5.41, 5.74) is -0.561. The molecule has 0 radical (unpaired) electrons. The monoisotopic (exact) mass is 328 g/mol. The van der Waals surface area contributed by atoms with Gasteiger partial charge in [0.15, 0.2) is 0 Å². The van der Waals surface area contributed by atoms with Crippen molar-refractivity contribution in [3.63, 3.8) is 0 Å². The summed E-state index contributed by atoms with van der Waals surface area (Å²) in [7, 11) is -4.09. The molecule has 0 spiro atoms. The zero-order chi connectivity index (χ0) is 16.3. The Morgan fingerprint density at radius 1 is 1.14 bits per heavy atom. The molecule has 6 nitrogen and oxygen atoms in total. The third-order valence-corrected chi connectivity index (χ3v) is 4.20. The van der Waals surface area contributed by atoms with Crippen LogP contribution in [0.15, 0.2) is 47.4 Å². The Hall–Kier alpha value is -2.39. The number of hydrogen-bond donors (Lipinski definition) is 1. The molecule has 2 aromatic carbocycles. The molecule has 0 saturated heterocycles. The molecular formula is C13H10F2N2O4S. The minimum Gasteiger partial charge on any atom is -0.258 e. The quantitative estimate of drug-likeness (QED) is 0.674. The predicted molar refractivity (Wildman–Crippen MR) is 73.5 cm³/mol. The molecule has 0 atom stereocenters. The molecule has 22 heavy (non-hydrogen) atoms. The van der Waals surface area contributed by atoms with E-state index in [1.54, 1.807) is 0 Å². The minimum absolute atomic E-state index is 0.172. The predicted octanol–water partition coefficient (Wildman–Crippen LogP) is 2.35. The zero-order valence-corrected chi connectivity index (χ0v) is 11.8. The molecule has 0 aliphatic rings. The van der Waals surface area contributed by atoms with Crippen molar-refractivity contribution in [1.29, 1.82) is 0 Å². The van der Waals surface area contributed by atoms with Crippen molar-refractivity contribution in [2.45, 2.75) is 11.4 Å². The highest BCUT2D eigenvalue weighted by Crippen LogP contribution is 2.18. The molecule has 0 unspecified atom stereocenters. The molecule has 0 aliphatic carbocycles. The highest BCUT2D eigenvalue weighted by molar-refractivity contribution is 7.89. The van der Waals surface area contributed by atoms with Crippen molar-refractivity contribution in [3.05, 3.63) is 69.8 Å². The topological polar surface area (TPSA) is 89.3 Å². The molecule has 2 aromatic rings. The third kappa shape index (κ3) is 3.62. The van der Waals surface area contributed by atoms with Gasteiger partial charge >= 0.3 is 0 Å². The Balaban J connectivity index is 2.23. The van der Waals surface area contributed by atoms with Crippen molar-refractivity contribution < 1.29 is 22.1 Å². The smallest absolute Gasteiger partial charge is 0.258 e. The van der Waals surface area contributed by atoms with Crippen molar-refractivity contribution in [1.82, 2.24) is 4.72 Å². The fraction of sp³-hybridized carbons (Fsp3) is 0.0769. The number of hydrogen-bond acceptors (Lipinski definition) is 4. The van der Waals surface area contributed by atoms with Crippen LogP contribution < -0.4 is 4.72 Å². The van der Waals surface area contributed by atoms with E-state index in [1.165, 1.54) is 6.07 Å². The van der Waals surface area contributed by atoms with E-state index < -0.39 is 33.1 Å². The summed E-state index contributed by atoms with van der Waals surface area (Å²) in [5, 5.41) is 10.6. The Morgan fingerprint density at radius 3 is 2.55 bits per heavy atom. The number of non-ortho nitro benzene ring substituents is 1. The fourth-order valence-electron chi connectivity index (χ4n) is 1.70. The minimum atomic E-state index is -4.09. The molecule has 0 heterocycles.